The van der Waals surface area contributed by atoms with Gasteiger partial charge in [-0.25, -0.2) is 9.97 Å². The predicted octanol–water partition coefficient (Wildman–Crippen LogP) is 2.68. The van der Waals surface area contributed by atoms with Crippen molar-refractivity contribution in [2.75, 3.05) is 76.4 Å². The molecule has 4 rings (SSSR count). The van der Waals surface area contributed by atoms with E-state index in [2.05, 4.69) is 44.3 Å². The van der Waals surface area contributed by atoms with Crippen LogP contribution < -0.4 is 20.7 Å². The summed E-state index contributed by atoms with van der Waals surface area (Å²) in [7, 11) is 5.87. The normalized spacial score (nSPS) is 14.6. The monoisotopic (exact) mass is 483 g/mol. The fourth-order valence-electron chi connectivity index (χ4n) is 3.72. The fourth-order valence-corrected chi connectivity index (χ4v) is 4.47. The summed E-state index contributed by atoms with van der Waals surface area (Å²) in [6, 6.07) is 9.64. The minimum absolute atomic E-state index is 0.590. The van der Waals surface area contributed by atoms with Crippen molar-refractivity contribution in [1.29, 1.82) is 0 Å². The molecule has 0 bridgehead atoms. The van der Waals surface area contributed by atoms with Crippen LogP contribution >= 0.6 is 11.8 Å². The zero-order valence-electron chi connectivity index (χ0n) is 20.2. The second kappa shape index (κ2) is 10.9. The Balaban J connectivity index is 1.61. The Labute approximate surface area is 204 Å². The zero-order valence-corrected chi connectivity index (χ0v) is 21.0. The van der Waals surface area contributed by atoms with E-state index in [4.69, 9.17) is 20.4 Å². The van der Waals surface area contributed by atoms with Crippen LogP contribution in [0.5, 0.6) is 5.75 Å². The maximum atomic E-state index is 5.85. The first-order valence-corrected chi connectivity index (χ1v) is 12.1. The number of aromatic amines is 1. The third kappa shape index (κ3) is 6.10. The van der Waals surface area contributed by atoms with Gasteiger partial charge in [-0.15, -0.1) is 0 Å². The number of rotatable bonds is 9. The average molecular weight is 484 g/mol. The molecule has 0 aliphatic carbocycles. The number of methoxy groups -OCH3 is 1. The van der Waals surface area contributed by atoms with Gasteiger partial charge in [0.05, 0.1) is 7.11 Å². The summed E-state index contributed by atoms with van der Waals surface area (Å²) in [4.78, 5) is 17.7. The largest absolute Gasteiger partial charge is 0.490 e. The Morgan fingerprint density at radius 2 is 1.88 bits per heavy atom. The molecular formula is C23H33N9OS. The molecule has 0 radical (unpaired) electrons. The second-order valence-corrected chi connectivity index (χ2v) is 9.62. The third-order valence-electron chi connectivity index (χ3n) is 5.61. The number of likely N-dealkylation sites (N-methyl/N-ethyl adjacent to an activating group) is 1. The maximum absolute atomic E-state index is 5.85. The molecule has 0 saturated carbocycles. The van der Waals surface area contributed by atoms with E-state index < -0.39 is 0 Å². The summed E-state index contributed by atoms with van der Waals surface area (Å²) in [5, 5.41) is 11.2. The van der Waals surface area contributed by atoms with Crippen LogP contribution in [0.25, 0.3) is 0 Å². The van der Waals surface area contributed by atoms with E-state index in [0.717, 1.165) is 61.4 Å². The highest BCUT2D eigenvalue weighted by atomic mass is 32.2. The van der Waals surface area contributed by atoms with Crippen LogP contribution in [0.15, 0.2) is 40.4 Å². The Hall–Kier alpha value is -3.02. The van der Waals surface area contributed by atoms with Crippen LogP contribution in [-0.2, 0) is 0 Å². The number of hydrogen-bond acceptors (Lipinski definition) is 10. The number of benzene rings is 1. The molecule has 1 saturated heterocycles. The quantitative estimate of drug-likeness (QED) is 0.310. The van der Waals surface area contributed by atoms with Crippen LogP contribution in [0.1, 0.15) is 5.69 Å². The molecule has 0 spiro atoms. The minimum Gasteiger partial charge on any atom is -0.490 e. The molecule has 0 amide bonds. The van der Waals surface area contributed by atoms with E-state index in [-0.39, 0.29) is 0 Å². The molecule has 2 aromatic heterocycles. The predicted molar refractivity (Wildman–Crippen MR) is 137 cm³/mol. The minimum atomic E-state index is 0.590. The van der Waals surface area contributed by atoms with Crippen molar-refractivity contribution < 1.29 is 4.74 Å². The Morgan fingerprint density at radius 3 is 2.50 bits per heavy atom. The molecule has 0 atom stereocenters. The van der Waals surface area contributed by atoms with Crippen LogP contribution in [0.3, 0.4) is 0 Å². The standard InChI is InChI=1S/C23H33N9OS/c1-16-15-19(29-28-16)25-21-20(33-4)22(32-13-11-31(12-14-32)10-9-30(2)3)27-23(26-21)34-18-7-5-17(24)6-8-18/h5-8,15H,9-14,24H2,1-4H3,(H2,25,26,27,28,29). The van der Waals surface area contributed by atoms with Gasteiger partial charge in [-0.2, -0.15) is 5.10 Å². The molecule has 3 heterocycles. The summed E-state index contributed by atoms with van der Waals surface area (Å²) in [5.74, 6) is 2.67. The highest BCUT2D eigenvalue weighted by Crippen LogP contribution is 2.38. The summed E-state index contributed by atoms with van der Waals surface area (Å²) < 4.78 is 5.82. The lowest BCUT2D eigenvalue weighted by molar-refractivity contribution is 0.228. The van der Waals surface area contributed by atoms with E-state index in [1.54, 1.807) is 7.11 Å². The van der Waals surface area contributed by atoms with Crippen molar-refractivity contribution in [3.05, 3.63) is 36.0 Å². The van der Waals surface area contributed by atoms with Crippen molar-refractivity contribution in [3.8, 4) is 5.75 Å². The molecular weight excluding hydrogens is 450 g/mol. The number of aryl methyl sites for hydroxylation is 1. The van der Waals surface area contributed by atoms with Gasteiger partial charge in [-0.1, -0.05) is 0 Å². The number of hydrogen-bond donors (Lipinski definition) is 3. The number of nitrogens with two attached hydrogens (primary N) is 1. The first-order valence-electron chi connectivity index (χ1n) is 11.3. The van der Waals surface area contributed by atoms with Crippen LogP contribution in [0.2, 0.25) is 0 Å². The summed E-state index contributed by atoms with van der Waals surface area (Å²) in [5.41, 5.74) is 7.54. The highest BCUT2D eigenvalue weighted by molar-refractivity contribution is 7.99. The second-order valence-electron chi connectivity index (χ2n) is 8.58. The number of nitrogens with zero attached hydrogens (tertiary/aromatic N) is 6. The summed E-state index contributed by atoms with van der Waals surface area (Å²) >= 11 is 1.49. The van der Waals surface area contributed by atoms with Crippen molar-refractivity contribution in [1.82, 2.24) is 30.0 Å². The molecule has 1 aromatic carbocycles. The van der Waals surface area contributed by atoms with Crippen molar-refractivity contribution in [3.63, 3.8) is 0 Å². The maximum Gasteiger partial charge on any atom is 0.204 e. The van der Waals surface area contributed by atoms with Gasteiger partial charge >= 0.3 is 0 Å². The van der Waals surface area contributed by atoms with Gasteiger partial charge in [0.25, 0.3) is 0 Å². The summed E-state index contributed by atoms with van der Waals surface area (Å²) in [6.45, 7) is 7.76. The third-order valence-corrected chi connectivity index (χ3v) is 6.48. The lowest BCUT2D eigenvalue weighted by Crippen LogP contribution is -2.48. The van der Waals surface area contributed by atoms with Crippen LogP contribution in [-0.4, -0.2) is 90.4 Å². The lowest BCUT2D eigenvalue weighted by Gasteiger charge is -2.36. The smallest absolute Gasteiger partial charge is 0.204 e. The number of H-pyrrole nitrogens is 1. The van der Waals surface area contributed by atoms with E-state index in [1.807, 2.05) is 37.3 Å². The van der Waals surface area contributed by atoms with Gasteiger partial charge in [0.15, 0.2) is 22.6 Å². The summed E-state index contributed by atoms with van der Waals surface area (Å²) in [6.07, 6.45) is 0. The molecule has 4 N–H and O–H groups in total. The topological polar surface area (TPSA) is 111 Å². The van der Waals surface area contributed by atoms with Gasteiger partial charge in [0, 0.05) is 61.6 Å². The van der Waals surface area contributed by atoms with Crippen LogP contribution in [0.4, 0.5) is 23.1 Å². The van der Waals surface area contributed by atoms with E-state index in [0.29, 0.717) is 22.5 Å². The SMILES string of the molecule is COc1c(Nc2cc(C)[nH]n2)nc(Sc2ccc(N)cc2)nc1N1CCN(CCN(C)C)CC1. The fraction of sp³-hybridized carbons (Fsp3) is 0.435. The van der Waals surface area contributed by atoms with Gasteiger partial charge in [-0.05, 0) is 57.0 Å². The highest BCUT2D eigenvalue weighted by Gasteiger charge is 2.25. The van der Waals surface area contributed by atoms with Gasteiger partial charge in [-0.3, -0.25) is 10.00 Å². The molecule has 3 aromatic rings. The van der Waals surface area contributed by atoms with E-state index in [1.165, 1.54) is 11.8 Å². The number of ether oxygens (including phenoxy) is 1. The molecule has 1 fully saturated rings. The Morgan fingerprint density at radius 1 is 1.15 bits per heavy atom. The van der Waals surface area contributed by atoms with Gasteiger partial charge < -0.3 is 25.6 Å². The molecule has 182 valence electrons. The first-order chi connectivity index (χ1) is 16.4. The molecule has 10 nitrogen and oxygen atoms in total. The lowest BCUT2D eigenvalue weighted by atomic mass is 10.3. The number of nitrogens with one attached hydrogen (secondary N) is 2. The van der Waals surface area contributed by atoms with E-state index in [9.17, 15) is 0 Å². The Kier molecular flexibility index (Phi) is 7.76. The Bertz CT molecular complexity index is 1080. The molecule has 1 aliphatic rings. The van der Waals surface area contributed by atoms with Gasteiger partial charge in [0.2, 0.25) is 5.75 Å². The van der Waals surface area contributed by atoms with Crippen molar-refractivity contribution in [2.45, 2.75) is 17.0 Å². The zero-order chi connectivity index (χ0) is 24.1. The molecule has 1 aliphatic heterocycles. The van der Waals surface area contributed by atoms with Crippen molar-refractivity contribution >= 4 is 34.9 Å². The molecule has 34 heavy (non-hydrogen) atoms. The number of anilines is 4. The number of nitrogen functional groups attached to an aromatic ring is 1. The number of piperazine rings is 1. The molecule has 0 unspecified atom stereocenters. The van der Waals surface area contributed by atoms with Gasteiger partial charge in [0.1, 0.15) is 0 Å². The molecule has 11 heteroatoms. The number of aromatic nitrogens is 4. The van der Waals surface area contributed by atoms with E-state index >= 15 is 0 Å². The van der Waals surface area contributed by atoms with Crippen LogP contribution in [0, 0.1) is 6.92 Å². The first kappa shape index (κ1) is 24.1. The average Bonchev–Trinajstić information content (AvgIpc) is 3.23. The van der Waals surface area contributed by atoms with Crippen molar-refractivity contribution in [2.24, 2.45) is 0 Å².